The molecule has 0 spiro atoms. The van der Waals surface area contributed by atoms with Gasteiger partial charge in [0, 0.05) is 44.8 Å². The number of aliphatic carboxylic acids is 1. The number of ether oxygens (including phenoxy) is 1. The summed E-state index contributed by atoms with van der Waals surface area (Å²) in [6.07, 6.45) is 3.95. The number of carboxylic acid groups (broad SMARTS) is 1. The minimum atomic E-state index is -0.788. The summed E-state index contributed by atoms with van der Waals surface area (Å²) in [5.74, 6) is -0.244. The third-order valence-corrected chi connectivity index (χ3v) is 6.13. The number of morpholine rings is 1. The summed E-state index contributed by atoms with van der Waals surface area (Å²) in [5, 5.41) is 12.1. The average Bonchev–Trinajstić information content (AvgIpc) is 2.63. The number of nitrogens with zero attached hydrogens (tertiary/aromatic N) is 3. The lowest BCUT2D eigenvalue weighted by molar-refractivity contribution is -0.139. The molecule has 0 aromatic rings. The molecule has 1 unspecified atom stereocenters. The Kier molecular flexibility index (Phi) is 7.32. The maximum absolute atomic E-state index is 12.6. The van der Waals surface area contributed by atoms with Crippen molar-refractivity contribution in [1.82, 2.24) is 20.0 Å². The molecule has 1 atom stereocenters. The minimum Gasteiger partial charge on any atom is -0.480 e. The molecular weight excluding hydrogens is 348 g/mol. The smallest absolute Gasteiger partial charge is 0.317 e. The van der Waals surface area contributed by atoms with Gasteiger partial charge in [0.15, 0.2) is 0 Å². The Bertz CT molecular complexity index is 506. The van der Waals surface area contributed by atoms with Crippen LogP contribution in [0.5, 0.6) is 0 Å². The van der Waals surface area contributed by atoms with Gasteiger partial charge in [-0.25, -0.2) is 4.79 Å². The number of nitrogens with one attached hydrogen (secondary N) is 1. The fraction of sp³-hybridized carbons (Fsp3) is 0.895. The first-order valence-electron chi connectivity index (χ1n) is 10.4. The summed E-state index contributed by atoms with van der Waals surface area (Å²) >= 11 is 0. The topological polar surface area (TPSA) is 85.4 Å². The van der Waals surface area contributed by atoms with Crippen LogP contribution in [0.1, 0.15) is 32.6 Å². The number of hydrogen-bond donors (Lipinski definition) is 2. The molecule has 0 aromatic heterocycles. The highest BCUT2D eigenvalue weighted by Gasteiger charge is 2.36. The lowest BCUT2D eigenvalue weighted by atomic mass is 9.85. The maximum atomic E-state index is 12.6. The van der Waals surface area contributed by atoms with Crippen molar-refractivity contribution in [3.63, 3.8) is 0 Å². The zero-order valence-corrected chi connectivity index (χ0v) is 16.4. The van der Waals surface area contributed by atoms with E-state index in [2.05, 4.69) is 10.2 Å². The van der Waals surface area contributed by atoms with Crippen molar-refractivity contribution in [2.75, 3.05) is 59.0 Å². The van der Waals surface area contributed by atoms with E-state index in [9.17, 15) is 9.59 Å². The van der Waals surface area contributed by atoms with Gasteiger partial charge >= 0.3 is 12.0 Å². The molecule has 27 heavy (non-hydrogen) atoms. The fourth-order valence-corrected chi connectivity index (χ4v) is 4.49. The van der Waals surface area contributed by atoms with Crippen LogP contribution in [-0.2, 0) is 9.53 Å². The molecule has 8 heteroatoms. The van der Waals surface area contributed by atoms with Crippen molar-refractivity contribution in [3.05, 3.63) is 0 Å². The molecule has 8 nitrogen and oxygen atoms in total. The first kappa shape index (κ1) is 20.4. The fourth-order valence-electron chi connectivity index (χ4n) is 4.49. The highest BCUT2D eigenvalue weighted by Crippen LogP contribution is 2.26. The van der Waals surface area contributed by atoms with Crippen LogP contribution in [-0.4, -0.2) is 103 Å². The van der Waals surface area contributed by atoms with Gasteiger partial charge in [0.25, 0.3) is 0 Å². The van der Waals surface area contributed by atoms with Gasteiger partial charge in [-0.1, -0.05) is 6.92 Å². The Morgan fingerprint density at radius 3 is 2.63 bits per heavy atom. The number of likely N-dealkylation sites (N-methyl/N-ethyl adjacent to an activating group) is 1. The highest BCUT2D eigenvalue weighted by molar-refractivity contribution is 5.74. The zero-order chi connectivity index (χ0) is 19.2. The van der Waals surface area contributed by atoms with Crippen molar-refractivity contribution in [2.45, 2.75) is 44.7 Å². The maximum Gasteiger partial charge on any atom is 0.317 e. The van der Waals surface area contributed by atoms with Gasteiger partial charge in [0.05, 0.1) is 19.8 Å². The molecule has 154 valence electrons. The number of carboxylic acids is 1. The normalized spacial score (nSPS) is 29.4. The summed E-state index contributed by atoms with van der Waals surface area (Å²) in [7, 11) is 0. The standard InChI is InChI=1S/C19H34N4O4/c1-2-22(14-18(24)25)17-10-16(11-17)20-19(26)23-5-3-4-15(13-23)12-21-6-8-27-9-7-21/h15-17H,2-14H2,1H3,(H,20,26)(H,24,25). The molecule has 3 aliphatic rings. The molecule has 3 fully saturated rings. The quantitative estimate of drug-likeness (QED) is 0.674. The van der Waals surface area contributed by atoms with Gasteiger partial charge in [-0.2, -0.15) is 0 Å². The van der Waals surface area contributed by atoms with E-state index in [1.165, 1.54) is 6.42 Å². The minimum absolute atomic E-state index is 0.0476. The lowest BCUT2D eigenvalue weighted by Crippen LogP contribution is -2.58. The van der Waals surface area contributed by atoms with Gasteiger partial charge < -0.3 is 20.1 Å². The molecule has 2 N–H and O–H groups in total. The third-order valence-electron chi connectivity index (χ3n) is 6.13. The summed E-state index contributed by atoms with van der Waals surface area (Å²) in [5.41, 5.74) is 0. The molecule has 2 aliphatic heterocycles. The number of likely N-dealkylation sites (tertiary alicyclic amines) is 1. The summed E-state index contributed by atoms with van der Waals surface area (Å²) in [6, 6.07) is 0.489. The molecule has 1 saturated carbocycles. The van der Waals surface area contributed by atoms with Crippen molar-refractivity contribution >= 4 is 12.0 Å². The van der Waals surface area contributed by atoms with E-state index in [1.54, 1.807) is 0 Å². The number of urea groups is 1. The number of amides is 2. The highest BCUT2D eigenvalue weighted by atomic mass is 16.5. The van der Waals surface area contributed by atoms with Crippen LogP contribution in [0.15, 0.2) is 0 Å². The van der Waals surface area contributed by atoms with Crippen molar-refractivity contribution in [3.8, 4) is 0 Å². The van der Waals surface area contributed by atoms with Crippen molar-refractivity contribution < 1.29 is 19.4 Å². The second-order valence-electron chi connectivity index (χ2n) is 8.10. The van der Waals surface area contributed by atoms with E-state index >= 15 is 0 Å². The molecule has 1 aliphatic carbocycles. The number of carbonyl (C=O) groups is 2. The number of carbonyl (C=O) groups excluding carboxylic acids is 1. The van der Waals surface area contributed by atoms with E-state index in [4.69, 9.17) is 9.84 Å². The van der Waals surface area contributed by atoms with E-state index in [-0.39, 0.29) is 24.7 Å². The molecule has 2 saturated heterocycles. The van der Waals surface area contributed by atoms with Crippen LogP contribution < -0.4 is 5.32 Å². The van der Waals surface area contributed by atoms with Gasteiger partial charge in [-0.05, 0) is 38.1 Å². The van der Waals surface area contributed by atoms with Crippen molar-refractivity contribution in [1.29, 1.82) is 0 Å². The number of piperidine rings is 1. The predicted octanol–water partition coefficient (Wildman–Crippen LogP) is 0.678. The van der Waals surface area contributed by atoms with E-state index in [1.807, 2.05) is 16.7 Å². The third kappa shape index (κ3) is 5.80. The van der Waals surface area contributed by atoms with Crippen LogP contribution in [0.4, 0.5) is 4.79 Å². The molecule has 0 bridgehead atoms. The van der Waals surface area contributed by atoms with Crippen LogP contribution in [0.2, 0.25) is 0 Å². The van der Waals surface area contributed by atoms with Gasteiger partial charge in [0.2, 0.25) is 0 Å². The van der Waals surface area contributed by atoms with Crippen LogP contribution in [0.3, 0.4) is 0 Å². The van der Waals surface area contributed by atoms with Crippen LogP contribution in [0.25, 0.3) is 0 Å². The van der Waals surface area contributed by atoms with Crippen LogP contribution in [0, 0.1) is 5.92 Å². The molecular formula is C19H34N4O4. The second-order valence-corrected chi connectivity index (χ2v) is 8.10. The monoisotopic (exact) mass is 382 g/mol. The average molecular weight is 383 g/mol. The van der Waals surface area contributed by atoms with E-state index in [0.717, 1.165) is 71.7 Å². The predicted molar refractivity (Wildman–Crippen MR) is 102 cm³/mol. The number of hydrogen-bond acceptors (Lipinski definition) is 5. The Morgan fingerprint density at radius 2 is 1.96 bits per heavy atom. The molecule has 0 radical (unpaired) electrons. The first-order valence-corrected chi connectivity index (χ1v) is 10.4. The summed E-state index contributed by atoms with van der Waals surface area (Å²) in [6.45, 7) is 9.14. The zero-order valence-electron chi connectivity index (χ0n) is 16.4. The largest absolute Gasteiger partial charge is 0.480 e. The molecule has 0 aromatic carbocycles. The van der Waals surface area contributed by atoms with Gasteiger partial charge in [-0.3, -0.25) is 14.6 Å². The lowest BCUT2D eigenvalue weighted by Gasteiger charge is -2.43. The summed E-state index contributed by atoms with van der Waals surface area (Å²) in [4.78, 5) is 30.0. The van der Waals surface area contributed by atoms with Crippen molar-refractivity contribution in [2.24, 2.45) is 5.92 Å². The Balaban J connectivity index is 1.38. The molecule has 2 heterocycles. The Labute approximate surface area is 161 Å². The second kappa shape index (κ2) is 9.71. The van der Waals surface area contributed by atoms with E-state index < -0.39 is 5.97 Å². The Hall–Kier alpha value is -1.38. The van der Waals surface area contributed by atoms with Gasteiger partial charge in [0.1, 0.15) is 0 Å². The molecule has 2 amide bonds. The van der Waals surface area contributed by atoms with E-state index in [0.29, 0.717) is 5.92 Å². The Morgan fingerprint density at radius 1 is 1.22 bits per heavy atom. The molecule has 3 rings (SSSR count). The summed E-state index contributed by atoms with van der Waals surface area (Å²) < 4.78 is 5.41. The van der Waals surface area contributed by atoms with Crippen LogP contribution >= 0.6 is 0 Å². The first-order chi connectivity index (χ1) is 13.0. The van der Waals surface area contributed by atoms with Gasteiger partial charge in [-0.15, -0.1) is 0 Å². The number of rotatable bonds is 7. The SMILES string of the molecule is CCN(CC(=O)O)C1CC(NC(=O)N2CCCC(CN3CCOCC3)C2)C1.